The Balaban J connectivity index is 1.46. The smallest absolute Gasteiger partial charge is 0.321 e. The van der Waals surface area contributed by atoms with E-state index in [0.29, 0.717) is 6.54 Å². The summed E-state index contributed by atoms with van der Waals surface area (Å²) in [4.78, 5) is 16.5. The summed E-state index contributed by atoms with van der Waals surface area (Å²) in [5.41, 5.74) is 3.19. The topological polar surface area (TPSA) is 44.8 Å². The Hall–Kier alpha value is -1.89. The number of amides is 2. The fourth-order valence-corrected chi connectivity index (χ4v) is 3.29. The third-order valence-corrected chi connectivity index (χ3v) is 5.23. The lowest BCUT2D eigenvalue weighted by Crippen LogP contribution is -2.37. The molecule has 0 spiro atoms. The number of morpholine rings is 1. The first-order valence-electron chi connectivity index (χ1n) is 9.26. The van der Waals surface area contributed by atoms with Gasteiger partial charge >= 0.3 is 6.03 Å². The molecule has 144 valence electrons. The maximum Gasteiger partial charge on any atom is 0.321 e. The summed E-state index contributed by atoms with van der Waals surface area (Å²) in [7, 11) is 1.80. The van der Waals surface area contributed by atoms with Crippen molar-refractivity contribution in [2.24, 2.45) is 0 Å². The van der Waals surface area contributed by atoms with Crippen LogP contribution in [-0.2, 0) is 17.7 Å². The van der Waals surface area contributed by atoms with Gasteiger partial charge in [0, 0.05) is 43.4 Å². The average molecular weight is 432 g/mol. The van der Waals surface area contributed by atoms with Gasteiger partial charge < -0.3 is 15.0 Å². The largest absolute Gasteiger partial charge is 0.379 e. The molecular weight excluding hydrogens is 406 g/mol. The highest BCUT2D eigenvalue weighted by molar-refractivity contribution is 9.10. The van der Waals surface area contributed by atoms with Gasteiger partial charge in [0.15, 0.2) is 0 Å². The van der Waals surface area contributed by atoms with E-state index in [1.807, 2.05) is 36.4 Å². The van der Waals surface area contributed by atoms with Gasteiger partial charge in [0.25, 0.3) is 0 Å². The number of carbonyl (C=O) groups is 1. The Kier molecular flexibility index (Phi) is 7.26. The van der Waals surface area contributed by atoms with Crippen molar-refractivity contribution in [2.45, 2.75) is 13.0 Å². The fraction of sp³-hybridized carbons (Fsp3) is 0.381. The molecule has 0 aliphatic carbocycles. The van der Waals surface area contributed by atoms with Gasteiger partial charge in [0.05, 0.1) is 13.2 Å². The summed E-state index contributed by atoms with van der Waals surface area (Å²) in [5.74, 6) is 0. The van der Waals surface area contributed by atoms with Crippen LogP contribution >= 0.6 is 15.9 Å². The van der Waals surface area contributed by atoms with Crippen LogP contribution in [0.5, 0.6) is 0 Å². The number of urea groups is 1. The van der Waals surface area contributed by atoms with Crippen LogP contribution in [0.2, 0.25) is 0 Å². The van der Waals surface area contributed by atoms with Gasteiger partial charge in [0.1, 0.15) is 0 Å². The van der Waals surface area contributed by atoms with Crippen LogP contribution in [0, 0.1) is 0 Å². The second kappa shape index (κ2) is 9.88. The molecule has 0 unspecified atom stereocenters. The number of ether oxygens (including phenoxy) is 1. The molecule has 1 heterocycles. The molecule has 0 atom stereocenters. The molecule has 5 nitrogen and oxygen atoms in total. The average Bonchev–Trinajstić information content (AvgIpc) is 2.70. The van der Waals surface area contributed by atoms with Crippen LogP contribution in [0.25, 0.3) is 0 Å². The monoisotopic (exact) mass is 431 g/mol. The molecule has 1 N–H and O–H groups in total. The minimum atomic E-state index is -0.112. The Morgan fingerprint density at radius 2 is 1.70 bits per heavy atom. The molecule has 0 bridgehead atoms. The SMILES string of the molecule is CN(Cc1ccc(Br)cc1)C(=O)Nc1ccc(CCN2CCOCC2)cc1. The van der Waals surface area contributed by atoms with Gasteiger partial charge in [-0.15, -0.1) is 0 Å². The lowest BCUT2D eigenvalue weighted by Gasteiger charge is -2.26. The lowest BCUT2D eigenvalue weighted by atomic mass is 10.1. The number of carbonyl (C=O) groups excluding carboxylic acids is 1. The number of anilines is 1. The van der Waals surface area contributed by atoms with Crippen molar-refractivity contribution < 1.29 is 9.53 Å². The van der Waals surface area contributed by atoms with Crippen LogP contribution in [-0.4, -0.2) is 55.7 Å². The number of nitrogens with one attached hydrogen (secondary N) is 1. The maximum atomic E-state index is 12.4. The van der Waals surface area contributed by atoms with E-state index in [0.717, 1.165) is 55.0 Å². The Morgan fingerprint density at radius 1 is 1.07 bits per heavy atom. The van der Waals surface area contributed by atoms with Crippen molar-refractivity contribution in [1.29, 1.82) is 0 Å². The van der Waals surface area contributed by atoms with Crippen LogP contribution in [0.3, 0.4) is 0 Å². The Labute approximate surface area is 169 Å². The maximum absolute atomic E-state index is 12.4. The molecule has 2 aromatic carbocycles. The van der Waals surface area contributed by atoms with Gasteiger partial charge in [-0.3, -0.25) is 4.90 Å². The summed E-state index contributed by atoms with van der Waals surface area (Å²) < 4.78 is 6.41. The van der Waals surface area contributed by atoms with E-state index in [2.05, 4.69) is 38.3 Å². The van der Waals surface area contributed by atoms with Crippen molar-refractivity contribution in [3.05, 3.63) is 64.1 Å². The van der Waals surface area contributed by atoms with E-state index in [-0.39, 0.29) is 6.03 Å². The molecule has 6 heteroatoms. The Morgan fingerprint density at radius 3 is 2.37 bits per heavy atom. The number of benzene rings is 2. The number of rotatable bonds is 6. The predicted molar refractivity (Wildman–Crippen MR) is 112 cm³/mol. The van der Waals surface area contributed by atoms with Gasteiger partial charge in [0.2, 0.25) is 0 Å². The zero-order valence-corrected chi connectivity index (χ0v) is 17.2. The van der Waals surface area contributed by atoms with Crippen LogP contribution in [0.15, 0.2) is 53.0 Å². The van der Waals surface area contributed by atoms with Crippen molar-refractivity contribution in [1.82, 2.24) is 9.80 Å². The summed E-state index contributed by atoms with van der Waals surface area (Å²) in [6, 6.07) is 16.0. The molecule has 1 aliphatic heterocycles. The highest BCUT2D eigenvalue weighted by Gasteiger charge is 2.11. The number of nitrogens with zero attached hydrogens (tertiary/aromatic N) is 2. The van der Waals surface area contributed by atoms with E-state index in [1.54, 1.807) is 11.9 Å². The molecule has 1 saturated heterocycles. The first-order valence-corrected chi connectivity index (χ1v) is 10.0. The zero-order valence-electron chi connectivity index (χ0n) is 15.7. The van der Waals surface area contributed by atoms with Crippen molar-refractivity contribution in [2.75, 3.05) is 45.2 Å². The molecular formula is C21H26BrN3O2. The molecule has 0 aromatic heterocycles. The van der Waals surface area contributed by atoms with Crippen LogP contribution < -0.4 is 5.32 Å². The van der Waals surface area contributed by atoms with E-state index in [4.69, 9.17) is 4.74 Å². The lowest BCUT2D eigenvalue weighted by molar-refractivity contribution is 0.0384. The first kappa shape index (κ1) is 19.9. The number of hydrogen-bond acceptors (Lipinski definition) is 3. The second-order valence-electron chi connectivity index (χ2n) is 6.81. The van der Waals surface area contributed by atoms with Crippen LogP contribution in [0.1, 0.15) is 11.1 Å². The van der Waals surface area contributed by atoms with E-state index >= 15 is 0 Å². The van der Waals surface area contributed by atoms with Gasteiger partial charge in [-0.1, -0.05) is 40.2 Å². The molecule has 3 rings (SSSR count). The predicted octanol–water partition coefficient (Wildman–Crippen LogP) is 3.99. The van der Waals surface area contributed by atoms with E-state index in [1.165, 1.54) is 5.56 Å². The normalized spacial score (nSPS) is 14.7. The molecule has 1 aliphatic rings. The molecule has 0 saturated carbocycles. The second-order valence-corrected chi connectivity index (χ2v) is 7.73. The molecule has 1 fully saturated rings. The Bertz CT molecular complexity index is 728. The first-order chi connectivity index (χ1) is 13.1. The standard InChI is InChI=1S/C21H26BrN3O2/c1-24(16-18-2-6-19(22)7-3-18)21(26)23-20-8-4-17(5-9-20)10-11-25-12-14-27-15-13-25/h2-9H,10-16H2,1H3,(H,23,26). The molecule has 2 amide bonds. The van der Waals surface area contributed by atoms with Gasteiger partial charge in [-0.2, -0.15) is 0 Å². The van der Waals surface area contributed by atoms with E-state index in [9.17, 15) is 4.79 Å². The van der Waals surface area contributed by atoms with Crippen molar-refractivity contribution in [3.63, 3.8) is 0 Å². The van der Waals surface area contributed by atoms with E-state index < -0.39 is 0 Å². The number of hydrogen-bond donors (Lipinski definition) is 1. The van der Waals surface area contributed by atoms with Crippen molar-refractivity contribution in [3.8, 4) is 0 Å². The summed E-state index contributed by atoms with van der Waals surface area (Å²) in [5, 5.41) is 2.96. The van der Waals surface area contributed by atoms with Crippen molar-refractivity contribution >= 4 is 27.6 Å². The van der Waals surface area contributed by atoms with Gasteiger partial charge in [-0.05, 0) is 41.8 Å². The number of halogens is 1. The summed E-state index contributed by atoms with van der Waals surface area (Å²) >= 11 is 3.42. The third-order valence-electron chi connectivity index (χ3n) is 4.71. The summed E-state index contributed by atoms with van der Waals surface area (Å²) in [6.07, 6.45) is 1.01. The highest BCUT2D eigenvalue weighted by atomic mass is 79.9. The minimum absolute atomic E-state index is 0.112. The summed E-state index contributed by atoms with van der Waals surface area (Å²) in [6.45, 7) is 5.30. The fourth-order valence-electron chi connectivity index (χ4n) is 3.02. The molecule has 27 heavy (non-hydrogen) atoms. The highest BCUT2D eigenvalue weighted by Crippen LogP contribution is 2.14. The quantitative estimate of drug-likeness (QED) is 0.751. The minimum Gasteiger partial charge on any atom is -0.379 e. The molecule has 2 aromatic rings. The molecule has 0 radical (unpaired) electrons. The zero-order chi connectivity index (χ0) is 19.1. The van der Waals surface area contributed by atoms with Crippen LogP contribution in [0.4, 0.5) is 10.5 Å². The third kappa shape index (κ3) is 6.34. The van der Waals surface area contributed by atoms with Gasteiger partial charge in [-0.25, -0.2) is 4.79 Å².